The smallest absolute Gasteiger partial charge is 0.0710 e. The molecule has 0 fully saturated rings. The van der Waals surface area contributed by atoms with Crippen LogP contribution >= 0.6 is 0 Å². The van der Waals surface area contributed by atoms with Gasteiger partial charge in [-0.25, -0.2) is 0 Å². The van der Waals surface area contributed by atoms with Crippen molar-refractivity contribution in [3.8, 4) is 11.3 Å². The normalized spacial score (nSPS) is 11.1. The largest absolute Gasteiger partial charge is 0.310 e. The van der Waals surface area contributed by atoms with Crippen LogP contribution in [0.5, 0.6) is 0 Å². The van der Waals surface area contributed by atoms with Gasteiger partial charge in [0.05, 0.1) is 11.9 Å². The van der Waals surface area contributed by atoms with E-state index in [-0.39, 0.29) is 0 Å². The van der Waals surface area contributed by atoms with Crippen LogP contribution in [0.2, 0.25) is 0 Å². The summed E-state index contributed by atoms with van der Waals surface area (Å²) >= 11 is 0. The molecule has 18 heavy (non-hydrogen) atoms. The van der Waals surface area contributed by atoms with Gasteiger partial charge in [0.2, 0.25) is 0 Å². The number of rotatable bonds is 6. The molecule has 0 saturated carbocycles. The van der Waals surface area contributed by atoms with Gasteiger partial charge in [-0.15, -0.1) is 0 Å². The maximum atomic E-state index is 4.14. The number of H-pyrrole nitrogens is 1. The van der Waals surface area contributed by atoms with Crippen LogP contribution in [0.4, 0.5) is 0 Å². The van der Waals surface area contributed by atoms with Crippen molar-refractivity contribution < 1.29 is 0 Å². The van der Waals surface area contributed by atoms with Gasteiger partial charge in [-0.3, -0.25) is 10.1 Å². The summed E-state index contributed by atoms with van der Waals surface area (Å²) in [6, 6.07) is 4.55. The SMILES string of the molecule is CCC(CC)NCc1cn[nH]c1-c1cccnc1. The fourth-order valence-electron chi connectivity index (χ4n) is 2.04. The van der Waals surface area contributed by atoms with Crippen LogP contribution < -0.4 is 5.32 Å². The lowest BCUT2D eigenvalue weighted by atomic mass is 10.1. The number of hydrogen-bond donors (Lipinski definition) is 2. The Balaban J connectivity index is 2.09. The highest BCUT2D eigenvalue weighted by atomic mass is 15.1. The Labute approximate surface area is 108 Å². The van der Waals surface area contributed by atoms with E-state index in [1.807, 2.05) is 24.5 Å². The number of pyridine rings is 1. The predicted molar refractivity (Wildman–Crippen MR) is 73.0 cm³/mol. The van der Waals surface area contributed by atoms with Crippen molar-refractivity contribution in [1.82, 2.24) is 20.5 Å². The number of aromatic nitrogens is 3. The van der Waals surface area contributed by atoms with E-state index < -0.39 is 0 Å². The van der Waals surface area contributed by atoms with E-state index in [4.69, 9.17) is 0 Å². The summed E-state index contributed by atoms with van der Waals surface area (Å²) in [6.45, 7) is 5.25. The standard InChI is InChI=1S/C14H20N4/c1-3-13(4-2)16-9-12-10-17-18-14(12)11-6-5-7-15-8-11/h5-8,10,13,16H,3-4,9H2,1-2H3,(H,17,18). The van der Waals surface area contributed by atoms with Crippen molar-refractivity contribution in [2.24, 2.45) is 0 Å². The molecule has 2 aromatic rings. The molecule has 0 unspecified atom stereocenters. The van der Waals surface area contributed by atoms with Crippen LogP contribution in [0.15, 0.2) is 30.7 Å². The minimum Gasteiger partial charge on any atom is -0.310 e. The molecule has 0 bridgehead atoms. The molecule has 2 heterocycles. The van der Waals surface area contributed by atoms with Gasteiger partial charge in [0.1, 0.15) is 0 Å². The molecule has 0 spiro atoms. The van der Waals surface area contributed by atoms with Gasteiger partial charge in [0.15, 0.2) is 0 Å². The number of nitrogens with zero attached hydrogens (tertiary/aromatic N) is 2. The van der Waals surface area contributed by atoms with Gasteiger partial charge in [-0.2, -0.15) is 5.10 Å². The number of aromatic amines is 1. The quantitative estimate of drug-likeness (QED) is 0.821. The van der Waals surface area contributed by atoms with Crippen LogP contribution in [-0.2, 0) is 6.54 Å². The lowest BCUT2D eigenvalue weighted by Crippen LogP contribution is -2.27. The fraction of sp³-hybridized carbons (Fsp3) is 0.429. The van der Waals surface area contributed by atoms with Gasteiger partial charge >= 0.3 is 0 Å². The zero-order valence-corrected chi connectivity index (χ0v) is 11.0. The zero-order valence-electron chi connectivity index (χ0n) is 11.0. The van der Waals surface area contributed by atoms with Crippen molar-refractivity contribution in [3.63, 3.8) is 0 Å². The Kier molecular flexibility index (Phi) is 4.47. The number of nitrogens with one attached hydrogen (secondary N) is 2. The van der Waals surface area contributed by atoms with E-state index in [1.54, 1.807) is 6.20 Å². The third-order valence-corrected chi connectivity index (χ3v) is 3.23. The first-order valence-electron chi connectivity index (χ1n) is 6.51. The van der Waals surface area contributed by atoms with Crippen molar-refractivity contribution in [2.45, 2.75) is 39.3 Å². The third kappa shape index (κ3) is 2.96. The molecule has 0 atom stereocenters. The zero-order chi connectivity index (χ0) is 12.8. The highest BCUT2D eigenvalue weighted by molar-refractivity contribution is 5.61. The molecule has 4 heteroatoms. The van der Waals surface area contributed by atoms with E-state index in [0.29, 0.717) is 6.04 Å². The number of hydrogen-bond acceptors (Lipinski definition) is 3. The van der Waals surface area contributed by atoms with Crippen molar-refractivity contribution in [1.29, 1.82) is 0 Å². The molecule has 2 N–H and O–H groups in total. The van der Waals surface area contributed by atoms with E-state index in [0.717, 1.165) is 30.6 Å². The molecule has 0 aromatic carbocycles. The molecule has 0 amide bonds. The average molecular weight is 244 g/mol. The highest BCUT2D eigenvalue weighted by Crippen LogP contribution is 2.19. The molecule has 0 radical (unpaired) electrons. The van der Waals surface area contributed by atoms with E-state index in [9.17, 15) is 0 Å². The molecule has 0 aliphatic heterocycles. The van der Waals surface area contributed by atoms with E-state index >= 15 is 0 Å². The second kappa shape index (κ2) is 6.31. The monoisotopic (exact) mass is 244 g/mol. The topological polar surface area (TPSA) is 53.6 Å². The molecule has 0 saturated heterocycles. The van der Waals surface area contributed by atoms with Crippen LogP contribution in [0.25, 0.3) is 11.3 Å². The summed E-state index contributed by atoms with van der Waals surface area (Å²) in [6.07, 6.45) is 7.82. The average Bonchev–Trinajstić information content (AvgIpc) is 2.89. The Morgan fingerprint density at radius 3 is 2.78 bits per heavy atom. The summed E-state index contributed by atoms with van der Waals surface area (Å²) in [5.74, 6) is 0. The maximum absolute atomic E-state index is 4.14. The van der Waals surface area contributed by atoms with Crippen LogP contribution in [0, 0.1) is 0 Å². The summed E-state index contributed by atoms with van der Waals surface area (Å²) in [5.41, 5.74) is 3.33. The fourth-order valence-corrected chi connectivity index (χ4v) is 2.04. The van der Waals surface area contributed by atoms with E-state index in [1.165, 1.54) is 5.56 Å². The van der Waals surface area contributed by atoms with Gasteiger partial charge < -0.3 is 5.32 Å². The maximum Gasteiger partial charge on any atom is 0.0710 e. The Bertz CT molecular complexity index is 460. The first kappa shape index (κ1) is 12.8. The van der Waals surface area contributed by atoms with E-state index in [2.05, 4.69) is 34.3 Å². The van der Waals surface area contributed by atoms with Crippen molar-refractivity contribution in [2.75, 3.05) is 0 Å². The third-order valence-electron chi connectivity index (χ3n) is 3.23. The van der Waals surface area contributed by atoms with Crippen LogP contribution in [-0.4, -0.2) is 21.2 Å². The van der Waals surface area contributed by atoms with Gasteiger partial charge in [0.25, 0.3) is 0 Å². The second-order valence-corrected chi connectivity index (χ2v) is 4.41. The minimum absolute atomic E-state index is 0.571. The lowest BCUT2D eigenvalue weighted by Gasteiger charge is -2.14. The molecule has 0 aliphatic carbocycles. The predicted octanol–water partition coefficient (Wildman–Crippen LogP) is 2.75. The second-order valence-electron chi connectivity index (χ2n) is 4.41. The van der Waals surface area contributed by atoms with Gasteiger partial charge in [-0.1, -0.05) is 13.8 Å². The van der Waals surface area contributed by atoms with Crippen LogP contribution in [0.3, 0.4) is 0 Å². The first-order chi connectivity index (χ1) is 8.85. The van der Waals surface area contributed by atoms with Crippen molar-refractivity contribution in [3.05, 3.63) is 36.3 Å². The lowest BCUT2D eigenvalue weighted by molar-refractivity contribution is 0.484. The van der Waals surface area contributed by atoms with Gasteiger partial charge in [0, 0.05) is 36.1 Å². The van der Waals surface area contributed by atoms with Crippen molar-refractivity contribution >= 4 is 0 Å². The van der Waals surface area contributed by atoms with Crippen LogP contribution in [0.1, 0.15) is 32.3 Å². The molecule has 2 rings (SSSR count). The summed E-state index contributed by atoms with van der Waals surface area (Å²) in [7, 11) is 0. The molecule has 2 aromatic heterocycles. The summed E-state index contributed by atoms with van der Waals surface area (Å²) in [4.78, 5) is 4.14. The Hall–Kier alpha value is -1.68. The summed E-state index contributed by atoms with van der Waals surface area (Å²) in [5, 5.41) is 10.7. The molecule has 96 valence electrons. The molecule has 4 nitrogen and oxygen atoms in total. The molecular weight excluding hydrogens is 224 g/mol. The molecule has 0 aliphatic rings. The Morgan fingerprint density at radius 2 is 2.11 bits per heavy atom. The van der Waals surface area contributed by atoms with Gasteiger partial charge in [-0.05, 0) is 25.0 Å². The summed E-state index contributed by atoms with van der Waals surface area (Å²) < 4.78 is 0. The minimum atomic E-state index is 0.571. The Morgan fingerprint density at radius 1 is 1.28 bits per heavy atom. The first-order valence-corrected chi connectivity index (χ1v) is 6.51. The highest BCUT2D eigenvalue weighted by Gasteiger charge is 2.09. The molecular formula is C14H20N4.